The zero-order valence-corrected chi connectivity index (χ0v) is 15.2. The molecular weight excluding hydrogens is 328 g/mol. The Morgan fingerprint density at radius 3 is 2.42 bits per heavy atom. The molecule has 136 valence electrons. The van der Waals surface area contributed by atoms with Crippen molar-refractivity contribution in [1.29, 1.82) is 0 Å². The van der Waals surface area contributed by atoms with Crippen molar-refractivity contribution in [3.05, 3.63) is 65.2 Å². The lowest BCUT2D eigenvalue weighted by atomic mass is 10.0. The van der Waals surface area contributed by atoms with Crippen molar-refractivity contribution >= 4 is 11.8 Å². The summed E-state index contributed by atoms with van der Waals surface area (Å²) in [4.78, 5) is 26.9. The number of hydrogen-bond acceptors (Lipinski definition) is 3. The number of nitrogens with one attached hydrogen (secondary N) is 1. The van der Waals surface area contributed by atoms with Crippen molar-refractivity contribution in [2.75, 3.05) is 20.2 Å². The predicted octanol–water partition coefficient (Wildman–Crippen LogP) is 3.04. The van der Waals surface area contributed by atoms with Crippen LogP contribution in [0.15, 0.2) is 48.5 Å². The summed E-state index contributed by atoms with van der Waals surface area (Å²) in [5.41, 5.74) is 2.39. The summed E-state index contributed by atoms with van der Waals surface area (Å²) in [7, 11) is 1.58. The van der Waals surface area contributed by atoms with E-state index < -0.39 is 0 Å². The average Bonchev–Trinajstić information content (AvgIpc) is 2.68. The number of hydrogen-bond donors (Lipinski definition) is 1. The smallest absolute Gasteiger partial charge is 0.253 e. The van der Waals surface area contributed by atoms with Gasteiger partial charge in [0.15, 0.2) is 0 Å². The molecule has 1 fully saturated rings. The lowest BCUT2D eigenvalue weighted by molar-refractivity contribution is 0.0698. The van der Waals surface area contributed by atoms with Crippen LogP contribution in [0.3, 0.4) is 0 Å². The Labute approximate surface area is 154 Å². The molecule has 0 radical (unpaired) electrons. The second kappa shape index (κ2) is 8.04. The monoisotopic (exact) mass is 352 g/mol. The maximum atomic E-state index is 12.6. The second-order valence-corrected chi connectivity index (χ2v) is 6.64. The van der Waals surface area contributed by atoms with Crippen molar-refractivity contribution in [3.63, 3.8) is 0 Å². The SMILES string of the molecule is COc1cccc(C(=O)NC2CCN(C(=O)c3cccc(C)c3)CC2)c1. The van der Waals surface area contributed by atoms with Gasteiger partial charge in [0.1, 0.15) is 5.75 Å². The van der Waals surface area contributed by atoms with Crippen molar-refractivity contribution in [3.8, 4) is 5.75 Å². The minimum Gasteiger partial charge on any atom is -0.497 e. The highest BCUT2D eigenvalue weighted by atomic mass is 16.5. The maximum Gasteiger partial charge on any atom is 0.253 e. The molecule has 0 spiro atoms. The van der Waals surface area contributed by atoms with Crippen molar-refractivity contribution < 1.29 is 14.3 Å². The highest BCUT2D eigenvalue weighted by molar-refractivity contribution is 5.95. The first-order valence-electron chi connectivity index (χ1n) is 8.87. The Hall–Kier alpha value is -2.82. The molecule has 3 rings (SSSR count). The van der Waals surface area contributed by atoms with Crippen LogP contribution in [0.1, 0.15) is 39.1 Å². The summed E-state index contributed by atoms with van der Waals surface area (Å²) in [5, 5.41) is 3.06. The van der Waals surface area contributed by atoms with Gasteiger partial charge in [-0.25, -0.2) is 0 Å². The van der Waals surface area contributed by atoms with Gasteiger partial charge >= 0.3 is 0 Å². The van der Waals surface area contributed by atoms with Gasteiger partial charge in [-0.15, -0.1) is 0 Å². The molecule has 0 aromatic heterocycles. The van der Waals surface area contributed by atoms with Gasteiger partial charge in [-0.05, 0) is 50.1 Å². The van der Waals surface area contributed by atoms with E-state index >= 15 is 0 Å². The van der Waals surface area contributed by atoms with Crippen LogP contribution in [0.2, 0.25) is 0 Å². The fourth-order valence-corrected chi connectivity index (χ4v) is 3.22. The van der Waals surface area contributed by atoms with E-state index in [2.05, 4.69) is 5.32 Å². The summed E-state index contributed by atoms with van der Waals surface area (Å²) in [6, 6.07) is 14.9. The molecule has 2 aromatic rings. The van der Waals surface area contributed by atoms with Crippen LogP contribution in [0, 0.1) is 6.92 Å². The third-order valence-corrected chi connectivity index (χ3v) is 4.71. The molecule has 1 aliphatic heterocycles. The largest absolute Gasteiger partial charge is 0.497 e. The van der Waals surface area contributed by atoms with Gasteiger partial charge in [0, 0.05) is 30.3 Å². The van der Waals surface area contributed by atoms with Crippen LogP contribution in [0.5, 0.6) is 5.75 Å². The molecule has 1 N–H and O–H groups in total. The molecule has 5 heteroatoms. The standard InChI is InChI=1S/C21H24N2O3/c1-15-5-3-7-17(13-15)21(25)23-11-9-18(10-12-23)22-20(24)16-6-4-8-19(14-16)26-2/h3-8,13-14,18H,9-12H2,1-2H3,(H,22,24). The molecule has 0 saturated carbocycles. The lowest BCUT2D eigenvalue weighted by Gasteiger charge is -2.32. The van der Waals surface area contributed by atoms with Gasteiger partial charge < -0.3 is 15.0 Å². The summed E-state index contributed by atoms with van der Waals surface area (Å²) >= 11 is 0. The number of ether oxygens (including phenoxy) is 1. The van der Waals surface area contributed by atoms with E-state index in [0.717, 1.165) is 24.0 Å². The number of likely N-dealkylation sites (tertiary alicyclic amines) is 1. The molecule has 0 atom stereocenters. The Morgan fingerprint density at radius 2 is 1.73 bits per heavy atom. The number of methoxy groups -OCH3 is 1. The number of aryl methyl sites for hydroxylation is 1. The fraction of sp³-hybridized carbons (Fsp3) is 0.333. The topological polar surface area (TPSA) is 58.6 Å². The van der Waals surface area contributed by atoms with Crippen LogP contribution in [-0.2, 0) is 0 Å². The second-order valence-electron chi connectivity index (χ2n) is 6.64. The van der Waals surface area contributed by atoms with Gasteiger partial charge in [0.25, 0.3) is 11.8 Å². The third-order valence-electron chi connectivity index (χ3n) is 4.71. The number of carbonyl (C=O) groups excluding carboxylic acids is 2. The molecule has 0 bridgehead atoms. The minimum atomic E-state index is -0.104. The lowest BCUT2D eigenvalue weighted by Crippen LogP contribution is -2.46. The number of rotatable bonds is 4. The summed E-state index contributed by atoms with van der Waals surface area (Å²) in [6.07, 6.45) is 1.51. The van der Waals surface area contributed by atoms with E-state index in [0.29, 0.717) is 24.4 Å². The number of piperidine rings is 1. The molecule has 1 aliphatic rings. The number of carbonyl (C=O) groups is 2. The quantitative estimate of drug-likeness (QED) is 0.920. The van der Waals surface area contributed by atoms with Crippen LogP contribution in [-0.4, -0.2) is 43.0 Å². The molecule has 5 nitrogen and oxygen atoms in total. The van der Waals surface area contributed by atoms with Crippen molar-refractivity contribution in [1.82, 2.24) is 10.2 Å². The number of benzene rings is 2. The highest BCUT2D eigenvalue weighted by Gasteiger charge is 2.25. The third kappa shape index (κ3) is 4.23. The first kappa shape index (κ1) is 18.0. The van der Waals surface area contributed by atoms with E-state index in [9.17, 15) is 9.59 Å². The Morgan fingerprint density at radius 1 is 1.04 bits per heavy atom. The average molecular weight is 352 g/mol. The normalized spacial score (nSPS) is 14.8. The molecular formula is C21H24N2O3. The predicted molar refractivity (Wildman–Crippen MR) is 101 cm³/mol. The molecule has 2 aromatic carbocycles. The number of amides is 2. The van der Waals surface area contributed by atoms with Gasteiger partial charge in [-0.3, -0.25) is 9.59 Å². The number of nitrogens with zero attached hydrogens (tertiary/aromatic N) is 1. The van der Waals surface area contributed by atoms with Gasteiger partial charge in [-0.1, -0.05) is 23.8 Å². The summed E-state index contributed by atoms with van der Waals surface area (Å²) < 4.78 is 5.16. The van der Waals surface area contributed by atoms with Gasteiger partial charge in [0.2, 0.25) is 0 Å². The van der Waals surface area contributed by atoms with Crippen LogP contribution in [0.4, 0.5) is 0 Å². The Balaban J connectivity index is 1.55. The van der Waals surface area contributed by atoms with Crippen LogP contribution >= 0.6 is 0 Å². The molecule has 2 amide bonds. The van der Waals surface area contributed by atoms with Crippen LogP contribution in [0.25, 0.3) is 0 Å². The Bertz CT molecular complexity index is 795. The van der Waals surface area contributed by atoms with E-state index in [1.165, 1.54) is 0 Å². The van der Waals surface area contributed by atoms with E-state index in [1.54, 1.807) is 25.3 Å². The molecule has 1 saturated heterocycles. The summed E-state index contributed by atoms with van der Waals surface area (Å²) in [6.45, 7) is 3.28. The zero-order chi connectivity index (χ0) is 18.5. The maximum absolute atomic E-state index is 12.6. The molecule has 0 aliphatic carbocycles. The van der Waals surface area contributed by atoms with Gasteiger partial charge in [0.05, 0.1) is 7.11 Å². The molecule has 0 unspecified atom stereocenters. The van der Waals surface area contributed by atoms with E-state index in [1.807, 2.05) is 42.2 Å². The van der Waals surface area contributed by atoms with E-state index in [4.69, 9.17) is 4.74 Å². The minimum absolute atomic E-state index is 0.0614. The fourth-order valence-electron chi connectivity index (χ4n) is 3.22. The molecule has 26 heavy (non-hydrogen) atoms. The first-order chi connectivity index (χ1) is 12.6. The van der Waals surface area contributed by atoms with Crippen molar-refractivity contribution in [2.45, 2.75) is 25.8 Å². The van der Waals surface area contributed by atoms with Crippen molar-refractivity contribution in [2.24, 2.45) is 0 Å². The zero-order valence-electron chi connectivity index (χ0n) is 15.2. The van der Waals surface area contributed by atoms with E-state index in [-0.39, 0.29) is 17.9 Å². The van der Waals surface area contributed by atoms with Gasteiger partial charge in [-0.2, -0.15) is 0 Å². The highest BCUT2D eigenvalue weighted by Crippen LogP contribution is 2.17. The summed E-state index contributed by atoms with van der Waals surface area (Å²) in [5.74, 6) is 0.620. The Kier molecular flexibility index (Phi) is 5.56. The van der Waals surface area contributed by atoms with Crippen LogP contribution < -0.4 is 10.1 Å². The first-order valence-corrected chi connectivity index (χ1v) is 8.87. The molecule has 1 heterocycles.